The zero-order chi connectivity index (χ0) is 17.1. The molecule has 0 bridgehead atoms. The second-order valence-corrected chi connectivity index (χ2v) is 7.15. The number of para-hydroxylation sites is 1. The van der Waals surface area contributed by atoms with Gasteiger partial charge in [0.25, 0.3) is 0 Å². The van der Waals surface area contributed by atoms with Gasteiger partial charge in [-0.2, -0.15) is 0 Å². The zero-order valence-electron chi connectivity index (χ0n) is 13.5. The van der Waals surface area contributed by atoms with Crippen molar-refractivity contribution < 1.29 is 4.79 Å². The number of halogens is 1. The standard InChI is InChI=1S/C18H18ClN3OS/c1-12(13-7-3-4-8-14(13)19)20-18(23)22(2)11-17-21-15-9-5-6-10-16(15)24-17/h3-10,12H,11H2,1-2H3,(H,20,23). The van der Waals surface area contributed by atoms with Gasteiger partial charge in [0.15, 0.2) is 0 Å². The molecule has 124 valence electrons. The average molecular weight is 360 g/mol. The molecular formula is C18H18ClN3OS. The minimum atomic E-state index is -0.163. The van der Waals surface area contributed by atoms with Crippen LogP contribution in [-0.4, -0.2) is 23.0 Å². The Labute approximate surface area is 150 Å². The van der Waals surface area contributed by atoms with E-state index in [1.54, 1.807) is 23.3 Å². The molecule has 1 aromatic heterocycles. The van der Waals surface area contributed by atoms with E-state index in [1.165, 1.54) is 0 Å². The van der Waals surface area contributed by atoms with E-state index in [1.807, 2.05) is 55.5 Å². The number of nitrogens with zero attached hydrogens (tertiary/aromatic N) is 2. The molecule has 2 amide bonds. The summed E-state index contributed by atoms with van der Waals surface area (Å²) in [6, 6.07) is 15.2. The Hall–Kier alpha value is -2.11. The van der Waals surface area contributed by atoms with Crippen molar-refractivity contribution >= 4 is 39.2 Å². The van der Waals surface area contributed by atoms with Crippen LogP contribution in [0.25, 0.3) is 10.2 Å². The van der Waals surface area contributed by atoms with Gasteiger partial charge in [0.1, 0.15) is 5.01 Å². The molecule has 1 atom stereocenters. The summed E-state index contributed by atoms with van der Waals surface area (Å²) in [5.74, 6) is 0. The molecule has 0 fully saturated rings. The lowest BCUT2D eigenvalue weighted by atomic mass is 10.1. The number of urea groups is 1. The van der Waals surface area contributed by atoms with Gasteiger partial charge >= 0.3 is 6.03 Å². The molecule has 0 aliphatic heterocycles. The summed E-state index contributed by atoms with van der Waals surface area (Å²) in [6.45, 7) is 2.39. The lowest BCUT2D eigenvalue weighted by molar-refractivity contribution is 0.203. The summed E-state index contributed by atoms with van der Waals surface area (Å²) in [6.07, 6.45) is 0. The topological polar surface area (TPSA) is 45.2 Å². The molecule has 1 unspecified atom stereocenters. The summed E-state index contributed by atoms with van der Waals surface area (Å²) in [4.78, 5) is 18.6. The maximum atomic E-state index is 12.4. The number of benzene rings is 2. The summed E-state index contributed by atoms with van der Waals surface area (Å²) in [7, 11) is 1.76. The Morgan fingerprint density at radius 3 is 2.71 bits per heavy atom. The first-order valence-electron chi connectivity index (χ1n) is 7.65. The summed E-state index contributed by atoms with van der Waals surface area (Å²) >= 11 is 7.79. The SMILES string of the molecule is CC(NC(=O)N(C)Cc1nc2ccccc2s1)c1ccccc1Cl. The summed E-state index contributed by atoms with van der Waals surface area (Å²) in [5, 5.41) is 4.54. The van der Waals surface area contributed by atoms with Gasteiger partial charge in [-0.25, -0.2) is 9.78 Å². The van der Waals surface area contributed by atoms with E-state index in [2.05, 4.69) is 10.3 Å². The summed E-state index contributed by atoms with van der Waals surface area (Å²) < 4.78 is 1.13. The largest absolute Gasteiger partial charge is 0.331 e. The quantitative estimate of drug-likeness (QED) is 0.723. The van der Waals surface area contributed by atoms with Gasteiger partial charge in [0.2, 0.25) is 0 Å². The van der Waals surface area contributed by atoms with Crippen LogP contribution in [0.3, 0.4) is 0 Å². The van der Waals surface area contributed by atoms with Crippen molar-refractivity contribution in [1.29, 1.82) is 0 Å². The molecule has 6 heteroatoms. The highest BCUT2D eigenvalue weighted by Crippen LogP contribution is 2.24. The van der Waals surface area contributed by atoms with Crippen LogP contribution >= 0.6 is 22.9 Å². The van der Waals surface area contributed by atoms with Gasteiger partial charge in [-0.1, -0.05) is 41.9 Å². The second kappa shape index (κ2) is 7.20. The highest BCUT2D eigenvalue weighted by molar-refractivity contribution is 7.18. The van der Waals surface area contributed by atoms with Crippen molar-refractivity contribution in [2.45, 2.75) is 19.5 Å². The lowest BCUT2D eigenvalue weighted by Crippen LogP contribution is -2.38. The molecule has 2 aromatic carbocycles. The Morgan fingerprint density at radius 2 is 1.96 bits per heavy atom. The van der Waals surface area contributed by atoms with Crippen molar-refractivity contribution in [3.05, 3.63) is 64.1 Å². The first kappa shape index (κ1) is 16.7. The van der Waals surface area contributed by atoms with Crippen molar-refractivity contribution in [3.63, 3.8) is 0 Å². The molecule has 0 aliphatic carbocycles. The highest BCUT2D eigenvalue weighted by atomic mass is 35.5. The van der Waals surface area contributed by atoms with Crippen LogP contribution in [0.15, 0.2) is 48.5 Å². The number of amides is 2. The van der Waals surface area contributed by atoms with Gasteiger partial charge in [0.05, 0.1) is 22.8 Å². The molecule has 1 N–H and O–H groups in total. The summed E-state index contributed by atoms with van der Waals surface area (Å²) in [5.41, 5.74) is 1.87. The molecule has 24 heavy (non-hydrogen) atoms. The van der Waals surface area contributed by atoms with E-state index in [-0.39, 0.29) is 12.1 Å². The molecule has 3 rings (SSSR count). The van der Waals surface area contributed by atoms with Crippen LogP contribution < -0.4 is 5.32 Å². The normalized spacial score (nSPS) is 12.1. The monoisotopic (exact) mass is 359 g/mol. The molecule has 0 aliphatic rings. The number of aromatic nitrogens is 1. The minimum absolute atomic E-state index is 0.151. The molecule has 1 heterocycles. The smallest absolute Gasteiger partial charge is 0.317 e. The van der Waals surface area contributed by atoms with E-state index in [4.69, 9.17) is 11.6 Å². The van der Waals surface area contributed by atoms with Gasteiger partial charge in [-0.05, 0) is 30.7 Å². The molecular weight excluding hydrogens is 342 g/mol. The van der Waals surface area contributed by atoms with E-state index >= 15 is 0 Å². The Bertz CT molecular complexity index is 831. The molecule has 0 saturated heterocycles. The van der Waals surface area contributed by atoms with Crippen LogP contribution in [0.5, 0.6) is 0 Å². The number of fused-ring (bicyclic) bond motifs is 1. The third-order valence-corrected chi connectivity index (χ3v) is 5.13. The third-order valence-electron chi connectivity index (χ3n) is 3.77. The van der Waals surface area contributed by atoms with Crippen molar-refractivity contribution in [1.82, 2.24) is 15.2 Å². The molecule has 0 spiro atoms. The van der Waals surface area contributed by atoms with Crippen molar-refractivity contribution in [2.75, 3.05) is 7.05 Å². The van der Waals surface area contributed by atoms with E-state index in [0.717, 1.165) is 20.8 Å². The van der Waals surface area contributed by atoms with Crippen LogP contribution in [0.1, 0.15) is 23.5 Å². The third kappa shape index (κ3) is 3.68. The van der Waals surface area contributed by atoms with Gasteiger partial charge in [0, 0.05) is 12.1 Å². The minimum Gasteiger partial charge on any atom is -0.331 e. The lowest BCUT2D eigenvalue weighted by Gasteiger charge is -2.21. The number of hydrogen-bond donors (Lipinski definition) is 1. The van der Waals surface area contributed by atoms with Crippen LogP contribution in [-0.2, 0) is 6.54 Å². The number of carbonyl (C=O) groups excluding carboxylic acids is 1. The predicted molar refractivity (Wildman–Crippen MR) is 99.5 cm³/mol. The number of nitrogens with one attached hydrogen (secondary N) is 1. The van der Waals surface area contributed by atoms with Gasteiger partial charge in [-0.3, -0.25) is 0 Å². The average Bonchev–Trinajstić information content (AvgIpc) is 2.97. The Balaban J connectivity index is 1.65. The molecule has 3 aromatic rings. The Kier molecular flexibility index (Phi) is 5.02. The molecule has 4 nitrogen and oxygen atoms in total. The van der Waals surface area contributed by atoms with E-state index in [0.29, 0.717) is 11.6 Å². The van der Waals surface area contributed by atoms with Crippen LogP contribution in [0, 0.1) is 0 Å². The van der Waals surface area contributed by atoms with Crippen LogP contribution in [0.4, 0.5) is 4.79 Å². The van der Waals surface area contributed by atoms with E-state index < -0.39 is 0 Å². The predicted octanol–water partition coefficient (Wildman–Crippen LogP) is 4.85. The number of rotatable bonds is 4. The van der Waals surface area contributed by atoms with Crippen molar-refractivity contribution in [3.8, 4) is 0 Å². The van der Waals surface area contributed by atoms with Crippen molar-refractivity contribution in [2.24, 2.45) is 0 Å². The fraction of sp³-hybridized carbons (Fsp3) is 0.222. The highest BCUT2D eigenvalue weighted by Gasteiger charge is 2.16. The van der Waals surface area contributed by atoms with E-state index in [9.17, 15) is 4.79 Å². The fourth-order valence-corrected chi connectivity index (χ4v) is 3.78. The molecule has 0 saturated carbocycles. The molecule has 0 radical (unpaired) electrons. The number of thiazole rings is 1. The maximum Gasteiger partial charge on any atom is 0.317 e. The first-order chi connectivity index (χ1) is 11.5. The maximum absolute atomic E-state index is 12.4. The number of hydrogen-bond acceptors (Lipinski definition) is 3. The fourth-order valence-electron chi connectivity index (χ4n) is 2.46. The van der Waals surface area contributed by atoms with Gasteiger partial charge < -0.3 is 10.2 Å². The number of carbonyl (C=O) groups is 1. The zero-order valence-corrected chi connectivity index (χ0v) is 15.1. The second-order valence-electron chi connectivity index (χ2n) is 5.62. The Morgan fingerprint density at radius 1 is 1.25 bits per heavy atom. The van der Waals surface area contributed by atoms with Gasteiger partial charge in [-0.15, -0.1) is 11.3 Å². The van der Waals surface area contributed by atoms with Crippen LogP contribution in [0.2, 0.25) is 5.02 Å². The first-order valence-corrected chi connectivity index (χ1v) is 8.84.